The molecule has 3 nitrogen and oxygen atoms in total. The maximum absolute atomic E-state index is 3.50. The number of hydrogen-bond donors (Lipinski definition) is 1. The van der Waals surface area contributed by atoms with Crippen LogP contribution in [-0.4, -0.2) is 52.2 Å². The van der Waals surface area contributed by atoms with E-state index in [-0.39, 0.29) is 0 Å². The molecule has 0 fully saturated rings. The van der Waals surface area contributed by atoms with Crippen LogP contribution in [0.2, 0.25) is 0 Å². The number of benzene rings is 1. The molecule has 0 bridgehead atoms. The van der Waals surface area contributed by atoms with Gasteiger partial charge in [0.25, 0.3) is 0 Å². The monoisotopic (exact) mass is 263 g/mol. The van der Waals surface area contributed by atoms with Crippen molar-refractivity contribution in [3.05, 3.63) is 29.3 Å². The summed E-state index contributed by atoms with van der Waals surface area (Å²) in [5.74, 6) is 0. The third kappa shape index (κ3) is 6.60. The van der Waals surface area contributed by atoms with E-state index in [2.05, 4.69) is 68.3 Å². The van der Waals surface area contributed by atoms with Crippen molar-refractivity contribution in [1.29, 1.82) is 0 Å². The highest BCUT2D eigenvalue weighted by Crippen LogP contribution is 2.16. The van der Waals surface area contributed by atoms with Crippen molar-refractivity contribution < 1.29 is 0 Å². The third-order valence-electron chi connectivity index (χ3n) is 3.23. The molecule has 0 aliphatic carbocycles. The van der Waals surface area contributed by atoms with Gasteiger partial charge in [-0.05, 0) is 70.7 Å². The molecule has 0 saturated carbocycles. The van der Waals surface area contributed by atoms with Crippen molar-refractivity contribution in [2.75, 3.05) is 52.2 Å². The maximum Gasteiger partial charge on any atom is 0.0369 e. The first-order valence-corrected chi connectivity index (χ1v) is 7.14. The van der Waals surface area contributed by atoms with E-state index in [4.69, 9.17) is 0 Å². The highest BCUT2D eigenvalue weighted by atomic mass is 15.1. The van der Waals surface area contributed by atoms with Crippen molar-refractivity contribution in [2.45, 2.75) is 20.3 Å². The second-order valence-corrected chi connectivity index (χ2v) is 5.67. The average Bonchev–Trinajstić information content (AvgIpc) is 2.31. The van der Waals surface area contributed by atoms with Crippen LogP contribution in [0, 0.1) is 13.8 Å². The Morgan fingerprint density at radius 1 is 0.895 bits per heavy atom. The first-order valence-electron chi connectivity index (χ1n) is 7.14. The number of nitrogens with one attached hydrogen (secondary N) is 1. The van der Waals surface area contributed by atoms with Crippen molar-refractivity contribution in [3.8, 4) is 0 Å². The first kappa shape index (κ1) is 16.0. The highest BCUT2D eigenvalue weighted by molar-refractivity contribution is 5.50. The molecule has 3 heteroatoms. The van der Waals surface area contributed by atoms with Gasteiger partial charge in [0.1, 0.15) is 0 Å². The molecule has 1 N–H and O–H groups in total. The van der Waals surface area contributed by atoms with Gasteiger partial charge in [-0.2, -0.15) is 0 Å². The number of nitrogens with zero attached hydrogens (tertiary/aromatic N) is 2. The molecule has 0 unspecified atom stereocenters. The zero-order chi connectivity index (χ0) is 14.3. The third-order valence-corrected chi connectivity index (χ3v) is 3.23. The number of anilines is 1. The molecule has 0 spiro atoms. The molecule has 0 amide bonds. The standard InChI is InChI=1S/C16H29N3/c1-14-11-15(2)13-16(12-14)19(5)10-8-17-7-6-9-18(3)4/h11-13,17H,6-10H2,1-5H3. The second-order valence-electron chi connectivity index (χ2n) is 5.67. The molecule has 1 rings (SSSR count). The smallest absolute Gasteiger partial charge is 0.0369 e. The summed E-state index contributed by atoms with van der Waals surface area (Å²) in [4.78, 5) is 4.54. The fourth-order valence-corrected chi connectivity index (χ4v) is 2.19. The van der Waals surface area contributed by atoms with Gasteiger partial charge in [-0.1, -0.05) is 6.07 Å². The molecule has 0 heterocycles. The van der Waals surface area contributed by atoms with Gasteiger partial charge in [0.2, 0.25) is 0 Å². The molecule has 19 heavy (non-hydrogen) atoms. The largest absolute Gasteiger partial charge is 0.373 e. The summed E-state index contributed by atoms with van der Waals surface area (Å²) >= 11 is 0. The van der Waals surface area contributed by atoms with Crippen molar-refractivity contribution >= 4 is 5.69 Å². The molecule has 0 aliphatic rings. The van der Waals surface area contributed by atoms with E-state index in [9.17, 15) is 0 Å². The Bertz CT molecular complexity index is 354. The summed E-state index contributed by atoms with van der Waals surface area (Å²) in [5.41, 5.74) is 3.98. The first-order chi connectivity index (χ1) is 8.99. The van der Waals surface area contributed by atoms with Crippen molar-refractivity contribution in [3.63, 3.8) is 0 Å². The van der Waals surface area contributed by atoms with E-state index < -0.39 is 0 Å². The number of rotatable bonds is 8. The zero-order valence-corrected chi connectivity index (χ0v) is 13.2. The van der Waals surface area contributed by atoms with Crippen LogP contribution in [0.25, 0.3) is 0 Å². The Balaban J connectivity index is 2.25. The van der Waals surface area contributed by atoms with Gasteiger partial charge in [0.05, 0.1) is 0 Å². The topological polar surface area (TPSA) is 18.5 Å². The summed E-state index contributed by atoms with van der Waals surface area (Å²) in [7, 11) is 6.40. The van der Waals surface area contributed by atoms with Crippen LogP contribution in [0.3, 0.4) is 0 Å². The summed E-state index contributed by atoms with van der Waals surface area (Å²) in [6.07, 6.45) is 1.21. The lowest BCUT2D eigenvalue weighted by molar-refractivity contribution is 0.395. The van der Waals surface area contributed by atoms with Crippen LogP contribution in [0.1, 0.15) is 17.5 Å². The van der Waals surface area contributed by atoms with Gasteiger partial charge in [-0.3, -0.25) is 0 Å². The molecular formula is C16H29N3. The van der Waals surface area contributed by atoms with Gasteiger partial charge < -0.3 is 15.1 Å². The van der Waals surface area contributed by atoms with Crippen LogP contribution < -0.4 is 10.2 Å². The normalized spacial score (nSPS) is 11.1. The minimum absolute atomic E-state index is 1.04. The summed E-state index contributed by atoms with van der Waals surface area (Å²) in [6.45, 7) is 8.65. The van der Waals surface area contributed by atoms with Gasteiger partial charge in [-0.15, -0.1) is 0 Å². The Morgan fingerprint density at radius 2 is 1.53 bits per heavy atom. The summed E-state index contributed by atoms with van der Waals surface area (Å²) in [6, 6.07) is 6.72. The van der Waals surface area contributed by atoms with E-state index in [1.165, 1.54) is 23.2 Å². The Kier molecular flexibility index (Phi) is 6.89. The number of hydrogen-bond acceptors (Lipinski definition) is 3. The Labute approximate surface area is 118 Å². The van der Waals surface area contributed by atoms with Crippen LogP contribution in [0.4, 0.5) is 5.69 Å². The SMILES string of the molecule is Cc1cc(C)cc(N(C)CCNCCCN(C)C)c1. The molecule has 0 atom stereocenters. The molecule has 0 radical (unpaired) electrons. The maximum atomic E-state index is 3.50. The lowest BCUT2D eigenvalue weighted by atomic mass is 10.1. The predicted molar refractivity (Wildman–Crippen MR) is 85.2 cm³/mol. The quantitative estimate of drug-likeness (QED) is 0.726. The molecule has 0 aliphatic heterocycles. The fraction of sp³-hybridized carbons (Fsp3) is 0.625. The summed E-state index contributed by atoms with van der Waals surface area (Å²) in [5, 5.41) is 3.50. The van der Waals surface area contributed by atoms with Gasteiger partial charge in [0, 0.05) is 25.8 Å². The van der Waals surface area contributed by atoms with E-state index in [1.807, 2.05) is 0 Å². The lowest BCUT2D eigenvalue weighted by Gasteiger charge is -2.21. The van der Waals surface area contributed by atoms with E-state index in [1.54, 1.807) is 0 Å². The number of aryl methyl sites for hydroxylation is 2. The van der Waals surface area contributed by atoms with Crippen molar-refractivity contribution in [1.82, 2.24) is 10.2 Å². The van der Waals surface area contributed by atoms with Crippen LogP contribution in [-0.2, 0) is 0 Å². The lowest BCUT2D eigenvalue weighted by Crippen LogP contribution is -2.30. The highest BCUT2D eigenvalue weighted by Gasteiger charge is 2.02. The van der Waals surface area contributed by atoms with E-state index >= 15 is 0 Å². The predicted octanol–water partition coefficient (Wildman–Crippen LogP) is 2.28. The van der Waals surface area contributed by atoms with Crippen LogP contribution in [0.5, 0.6) is 0 Å². The van der Waals surface area contributed by atoms with Gasteiger partial charge in [-0.25, -0.2) is 0 Å². The van der Waals surface area contributed by atoms with E-state index in [0.29, 0.717) is 0 Å². The van der Waals surface area contributed by atoms with E-state index in [0.717, 1.165) is 26.2 Å². The van der Waals surface area contributed by atoms with Crippen molar-refractivity contribution in [2.24, 2.45) is 0 Å². The molecule has 0 saturated heterocycles. The fourth-order valence-electron chi connectivity index (χ4n) is 2.19. The van der Waals surface area contributed by atoms with Gasteiger partial charge >= 0.3 is 0 Å². The van der Waals surface area contributed by atoms with Crippen LogP contribution >= 0.6 is 0 Å². The molecule has 0 aromatic heterocycles. The molecule has 1 aromatic carbocycles. The molecule has 108 valence electrons. The molecular weight excluding hydrogens is 234 g/mol. The zero-order valence-electron chi connectivity index (χ0n) is 13.2. The number of likely N-dealkylation sites (N-methyl/N-ethyl adjacent to an activating group) is 1. The minimum Gasteiger partial charge on any atom is -0.373 e. The average molecular weight is 263 g/mol. The summed E-state index contributed by atoms with van der Waals surface area (Å²) < 4.78 is 0. The minimum atomic E-state index is 1.04. The molecule has 1 aromatic rings. The van der Waals surface area contributed by atoms with Crippen LogP contribution in [0.15, 0.2) is 18.2 Å². The Hall–Kier alpha value is -1.06. The Morgan fingerprint density at radius 3 is 2.11 bits per heavy atom. The van der Waals surface area contributed by atoms with Gasteiger partial charge in [0.15, 0.2) is 0 Å². The second kappa shape index (κ2) is 8.18.